The number of rotatable bonds is 5. The van der Waals surface area contributed by atoms with E-state index in [9.17, 15) is 5.11 Å². The first kappa shape index (κ1) is 12.6. The first-order valence-electron chi connectivity index (χ1n) is 6.75. The summed E-state index contributed by atoms with van der Waals surface area (Å²) >= 11 is 0. The van der Waals surface area contributed by atoms with Gasteiger partial charge in [0.1, 0.15) is 0 Å². The lowest BCUT2D eigenvalue weighted by Crippen LogP contribution is -2.23. The summed E-state index contributed by atoms with van der Waals surface area (Å²) in [5.41, 5.74) is 7.60. The third-order valence-corrected chi connectivity index (χ3v) is 3.86. The van der Waals surface area contributed by atoms with Crippen LogP contribution in [0.1, 0.15) is 62.6 Å². The second kappa shape index (κ2) is 5.19. The van der Waals surface area contributed by atoms with Crippen molar-refractivity contribution in [2.75, 3.05) is 0 Å². The molecule has 1 aliphatic rings. The van der Waals surface area contributed by atoms with Gasteiger partial charge in [0, 0.05) is 6.04 Å². The van der Waals surface area contributed by atoms with Gasteiger partial charge >= 0.3 is 0 Å². The molecule has 0 aliphatic heterocycles. The topological polar surface area (TPSA) is 46.2 Å². The van der Waals surface area contributed by atoms with Gasteiger partial charge in [-0.25, -0.2) is 0 Å². The van der Waals surface area contributed by atoms with Crippen LogP contribution in [0.4, 0.5) is 0 Å². The smallest absolute Gasteiger partial charge is 0.0917 e. The molecule has 2 nitrogen and oxygen atoms in total. The highest BCUT2D eigenvalue weighted by atomic mass is 16.3. The van der Waals surface area contributed by atoms with Gasteiger partial charge in [0.15, 0.2) is 0 Å². The molecule has 1 aromatic carbocycles. The van der Waals surface area contributed by atoms with Crippen molar-refractivity contribution in [3.8, 4) is 0 Å². The summed E-state index contributed by atoms with van der Waals surface area (Å²) < 4.78 is 0. The molecule has 0 fully saturated rings. The van der Waals surface area contributed by atoms with Crippen molar-refractivity contribution < 1.29 is 5.11 Å². The van der Waals surface area contributed by atoms with Crippen molar-refractivity contribution >= 4 is 0 Å². The number of hydrogen-bond acceptors (Lipinski definition) is 2. The van der Waals surface area contributed by atoms with Gasteiger partial charge in [0.25, 0.3) is 0 Å². The van der Waals surface area contributed by atoms with E-state index in [1.807, 2.05) is 24.3 Å². The Hall–Kier alpha value is -0.860. The molecular weight excluding hydrogens is 210 g/mol. The van der Waals surface area contributed by atoms with Crippen LogP contribution in [-0.2, 0) is 5.60 Å². The Kier molecular flexibility index (Phi) is 3.85. The minimum absolute atomic E-state index is 0.00220. The average molecular weight is 233 g/mol. The fourth-order valence-corrected chi connectivity index (χ4v) is 2.91. The van der Waals surface area contributed by atoms with Crippen molar-refractivity contribution in [2.24, 2.45) is 5.73 Å². The van der Waals surface area contributed by atoms with Crippen molar-refractivity contribution in [1.29, 1.82) is 0 Å². The Balaban J connectivity index is 2.06. The molecule has 0 radical (unpaired) electrons. The van der Waals surface area contributed by atoms with E-state index in [0.717, 1.165) is 24.0 Å². The predicted octanol–water partition coefficient (Wildman–Crippen LogP) is 3.25. The Labute approximate surface area is 104 Å². The fourth-order valence-electron chi connectivity index (χ4n) is 2.91. The highest BCUT2D eigenvalue weighted by Crippen LogP contribution is 2.44. The lowest BCUT2D eigenvalue weighted by molar-refractivity contribution is 0.0222. The Morgan fingerprint density at radius 3 is 2.82 bits per heavy atom. The minimum atomic E-state index is -0.677. The van der Waals surface area contributed by atoms with Crippen LogP contribution >= 0.6 is 0 Å². The standard InChI is InChI=1S/C15H23NO/c1-2-3-4-7-10-15(17)11-14(16)12-8-5-6-9-13(12)15/h5-6,8-9,14,17H,2-4,7,10-11,16H2,1H3. The second-order valence-corrected chi connectivity index (χ2v) is 5.24. The molecule has 0 spiro atoms. The Morgan fingerprint density at radius 2 is 2.06 bits per heavy atom. The summed E-state index contributed by atoms with van der Waals surface area (Å²) in [6, 6.07) is 8.07. The van der Waals surface area contributed by atoms with Gasteiger partial charge < -0.3 is 10.8 Å². The molecule has 2 rings (SSSR count). The molecule has 1 aromatic rings. The van der Waals surface area contributed by atoms with Crippen molar-refractivity contribution in [2.45, 2.75) is 57.1 Å². The van der Waals surface area contributed by atoms with Crippen LogP contribution in [-0.4, -0.2) is 5.11 Å². The Bertz CT molecular complexity index is 377. The molecule has 2 atom stereocenters. The number of hydrogen-bond donors (Lipinski definition) is 2. The van der Waals surface area contributed by atoms with Crippen molar-refractivity contribution in [1.82, 2.24) is 0 Å². The zero-order chi connectivity index (χ0) is 12.3. The lowest BCUT2D eigenvalue weighted by atomic mass is 9.90. The molecule has 94 valence electrons. The first-order chi connectivity index (χ1) is 8.17. The molecule has 2 unspecified atom stereocenters. The molecule has 17 heavy (non-hydrogen) atoms. The Morgan fingerprint density at radius 1 is 1.29 bits per heavy atom. The third-order valence-electron chi connectivity index (χ3n) is 3.86. The first-order valence-corrected chi connectivity index (χ1v) is 6.75. The van der Waals surface area contributed by atoms with Crippen molar-refractivity contribution in [3.05, 3.63) is 35.4 Å². The summed E-state index contributed by atoms with van der Waals surface area (Å²) in [4.78, 5) is 0. The van der Waals surface area contributed by atoms with Crippen LogP contribution in [0.25, 0.3) is 0 Å². The summed E-state index contributed by atoms with van der Waals surface area (Å²) in [5, 5.41) is 10.7. The molecule has 3 N–H and O–H groups in total. The maximum atomic E-state index is 10.7. The van der Waals surface area contributed by atoms with Crippen LogP contribution in [0.3, 0.4) is 0 Å². The largest absolute Gasteiger partial charge is 0.385 e. The number of benzene rings is 1. The van der Waals surface area contributed by atoms with E-state index in [1.54, 1.807) is 0 Å². The molecule has 1 aliphatic carbocycles. The third kappa shape index (κ3) is 2.53. The molecule has 0 amide bonds. The van der Waals surface area contributed by atoms with E-state index in [4.69, 9.17) is 5.73 Å². The van der Waals surface area contributed by atoms with Crippen LogP contribution in [0.15, 0.2) is 24.3 Å². The van der Waals surface area contributed by atoms with E-state index in [1.165, 1.54) is 19.3 Å². The van der Waals surface area contributed by atoms with Gasteiger partial charge in [-0.05, 0) is 24.0 Å². The van der Waals surface area contributed by atoms with Gasteiger partial charge in [0.2, 0.25) is 0 Å². The normalized spacial score (nSPS) is 27.1. The van der Waals surface area contributed by atoms with E-state index < -0.39 is 5.60 Å². The lowest BCUT2D eigenvalue weighted by Gasteiger charge is -2.24. The van der Waals surface area contributed by atoms with E-state index >= 15 is 0 Å². The van der Waals surface area contributed by atoms with Gasteiger partial charge in [-0.1, -0.05) is 56.9 Å². The molecule has 0 saturated heterocycles. The zero-order valence-electron chi connectivity index (χ0n) is 10.7. The quantitative estimate of drug-likeness (QED) is 0.767. The summed E-state index contributed by atoms with van der Waals surface area (Å²) in [6.45, 7) is 2.20. The summed E-state index contributed by atoms with van der Waals surface area (Å²) in [7, 11) is 0. The van der Waals surface area contributed by atoms with Gasteiger partial charge in [0.05, 0.1) is 5.60 Å². The maximum absolute atomic E-state index is 10.7. The summed E-state index contributed by atoms with van der Waals surface area (Å²) in [6.07, 6.45) is 6.30. The molecule has 2 heteroatoms. The van der Waals surface area contributed by atoms with E-state index in [-0.39, 0.29) is 6.04 Å². The average Bonchev–Trinajstić information content (AvgIpc) is 2.59. The monoisotopic (exact) mass is 233 g/mol. The minimum Gasteiger partial charge on any atom is -0.385 e. The zero-order valence-corrected chi connectivity index (χ0v) is 10.7. The van der Waals surface area contributed by atoms with E-state index in [2.05, 4.69) is 6.92 Å². The number of unbranched alkanes of at least 4 members (excludes halogenated alkanes) is 3. The highest BCUT2D eigenvalue weighted by Gasteiger charge is 2.39. The van der Waals surface area contributed by atoms with Gasteiger partial charge in [-0.2, -0.15) is 0 Å². The fraction of sp³-hybridized carbons (Fsp3) is 0.600. The van der Waals surface area contributed by atoms with Crippen LogP contribution in [0.5, 0.6) is 0 Å². The van der Waals surface area contributed by atoms with Gasteiger partial charge in [-0.3, -0.25) is 0 Å². The maximum Gasteiger partial charge on any atom is 0.0917 e. The molecule has 0 saturated carbocycles. The highest BCUT2D eigenvalue weighted by molar-refractivity contribution is 5.39. The SMILES string of the molecule is CCCCCCC1(O)CC(N)c2ccccc21. The number of fused-ring (bicyclic) bond motifs is 1. The van der Waals surface area contributed by atoms with Crippen LogP contribution in [0, 0.1) is 0 Å². The summed E-state index contributed by atoms with van der Waals surface area (Å²) in [5.74, 6) is 0. The predicted molar refractivity (Wildman–Crippen MR) is 70.6 cm³/mol. The van der Waals surface area contributed by atoms with Gasteiger partial charge in [-0.15, -0.1) is 0 Å². The molecule has 0 bridgehead atoms. The second-order valence-electron chi connectivity index (χ2n) is 5.24. The molecule has 0 heterocycles. The molecular formula is C15H23NO. The number of aliphatic hydroxyl groups is 1. The number of nitrogens with two attached hydrogens (primary N) is 1. The molecule has 0 aromatic heterocycles. The van der Waals surface area contributed by atoms with Crippen molar-refractivity contribution in [3.63, 3.8) is 0 Å². The van der Waals surface area contributed by atoms with E-state index in [0.29, 0.717) is 6.42 Å². The van der Waals surface area contributed by atoms with Crippen LogP contribution < -0.4 is 5.73 Å². The van der Waals surface area contributed by atoms with Crippen LogP contribution in [0.2, 0.25) is 0 Å².